The summed E-state index contributed by atoms with van der Waals surface area (Å²) in [7, 11) is 1.90. The first-order valence-corrected chi connectivity index (χ1v) is 7.42. The molecule has 22 heavy (non-hydrogen) atoms. The van der Waals surface area contributed by atoms with Crippen LogP contribution in [0.3, 0.4) is 0 Å². The maximum absolute atomic E-state index is 9.21. The van der Waals surface area contributed by atoms with Crippen LogP contribution in [0.25, 0.3) is 11.3 Å². The van der Waals surface area contributed by atoms with Crippen molar-refractivity contribution in [3.05, 3.63) is 41.6 Å². The molecule has 5 nitrogen and oxygen atoms in total. The third-order valence-corrected chi connectivity index (χ3v) is 3.95. The minimum atomic E-state index is 0.170. The topological polar surface area (TPSA) is 73.9 Å². The highest BCUT2D eigenvalue weighted by Crippen LogP contribution is 2.22. The van der Waals surface area contributed by atoms with Gasteiger partial charge in [-0.3, -0.25) is 4.68 Å². The normalized spacial score (nSPS) is 13.6. The van der Waals surface area contributed by atoms with E-state index in [1.165, 1.54) is 0 Å². The van der Waals surface area contributed by atoms with Crippen molar-refractivity contribution in [3.63, 3.8) is 0 Å². The summed E-state index contributed by atoms with van der Waals surface area (Å²) in [4.78, 5) is 0. The number of hydrogen-bond acceptors (Lipinski definition) is 4. The lowest BCUT2D eigenvalue weighted by Crippen LogP contribution is -2.33. The number of hydrogen-bond donors (Lipinski definition) is 2. The van der Waals surface area contributed by atoms with Crippen LogP contribution >= 0.6 is 0 Å². The van der Waals surface area contributed by atoms with Crippen molar-refractivity contribution < 1.29 is 5.11 Å². The van der Waals surface area contributed by atoms with Gasteiger partial charge in [0.25, 0.3) is 0 Å². The highest BCUT2D eigenvalue weighted by Gasteiger charge is 2.14. The molecule has 0 fully saturated rings. The Morgan fingerprint density at radius 1 is 1.32 bits per heavy atom. The summed E-state index contributed by atoms with van der Waals surface area (Å²) >= 11 is 0. The second-order valence-corrected chi connectivity index (χ2v) is 5.70. The van der Waals surface area contributed by atoms with Crippen LogP contribution in [0.1, 0.15) is 25.0 Å². The Morgan fingerprint density at radius 2 is 2.00 bits per heavy atom. The smallest absolute Gasteiger partial charge is 0.0991 e. The van der Waals surface area contributed by atoms with Crippen LogP contribution in [0, 0.1) is 17.2 Å². The van der Waals surface area contributed by atoms with Gasteiger partial charge in [-0.25, -0.2) is 0 Å². The number of nitriles is 1. The Bertz CT molecular complexity index is 654. The van der Waals surface area contributed by atoms with Gasteiger partial charge in [0.2, 0.25) is 0 Å². The zero-order valence-electron chi connectivity index (χ0n) is 13.2. The number of aliphatic hydroxyl groups excluding tert-OH is 1. The maximum atomic E-state index is 9.21. The molecule has 0 saturated carbocycles. The first-order valence-electron chi connectivity index (χ1n) is 7.42. The molecular formula is C17H22N4O. The second kappa shape index (κ2) is 7.21. The monoisotopic (exact) mass is 298 g/mol. The summed E-state index contributed by atoms with van der Waals surface area (Å²) in [6.45, 7) is 4.94. The van der Waals surface area contributed by atoms with Crippen LogP contribution in [0.2, 0.25) is 0 Å². The van der Waals surface area contributed by atoms with E-state index in [9.17, 15) is 5.11 Å². The number of aliphatic hydroxyl groups is 1. The molecule has 2 unspecified atom stereocenters. The molecule has 0 amide bonds. The fourth-order valence-corrected chi connectivity index (χ4v) is 2.24. The molecule has 0 aliphatic carbocycles. The molecule has 2 atom stereocenters. The van der Waals surface area contributed by atoms with Gasteiger partial charge in [-0.1, -0.05) is 19.1 Å². The second-order valence-electron chi connectivity index (χ2n) is 5.70. The van der Waals surface area contributed by atoms with Gasteiger partial charge in [0.05, 0.1) is 17.3 Å². The summed E-state index contributed by atoms with van der Waals surface area (Å²) in [5, 5.41) is 26.0. The zero-order valence-corrected chi connectivity index (χ0v) is 13.2. The number of nitrogens with one attached hydrogen (secondary N) is 1. The molecule has 2 rings (SSSR count). The minimum absolute atomic E-state index is 0.170. The molecule has 0 radical (unpaired) electrons. The lowest BCUT2D eigenvalue weighted by molar-refractivity contribution is 0.207. The molecule has 1 aromatic heterocycles. The summed E-state index contributed by atoms with van der Waals surface area (Å²) in [6.07, 6.45) is 2.00. The van der Waals surface area contributed by atoms with E-state index in [2.05, 4.69) is 23.4 Å². The zero-order chi connectivity index (χ0) is 16.1. The van der Waals surface area contributed by atoms with Gasteiger partial charge in [-0.05, 0) is 25.0 Å². The minimum Gasteiger partial charge on any atom is -0.396 e. The van der Waals surface area contributed by atoms with Crippen molar-refractivity contribution in [3.8, 4) is 17.3 Å². The number of aryl methyl sites for hydroxylation is 1. The van der Waals surface area contributed by atoms with Crippen LogP contribution in [-0.4, -0.2) is 27.5 Å². The molecule has 1 aromatic carbocycles. The summed E-state index contributed by atoms with van der Waals surface area (Å²) < 4.78 is 1.80. The van der Waals surface area contributed by atoms with Crippen molar-refractivity contribution in [1.29, 1.82) is 5.26 Å². The lowest BCUT2D eigenvalue weighted by Gasteiger charge is -2.19. The average molecular weight is 298 g/mol. The predicted octanol–water partition coefficient (Wildman–Crippen LogP) is 2.07. The molecule has 0 spiro atoms. The maximum Gasteiger partial charge on any atom is 0.0991 e. The average Bonchev–Trinajstić information content (AvgIpc) is 2.92. The van der Waals surface area contributed by atoms with Gasteiger partial charge in [-0.2, -0.15) is 10.4 Å². The largest absolute Gasteiger partial charge is 0.396 e. The Balaban J connectivity index is 2.17. The van der Waals surface area contributed by atoms with E-state index in [1.54, 1.807) is 16.8 Å². The molecule has 0 aliphatic rings. The summed E-state index contributed by atoms with van der Waals surface area (Å²) in [6, 6.07) is 9.79. The van der Waals surface area contributed by atoms with Crippen molar-refractivity contribution in [2.24, 2.45) is 13.0 Å². The van der Waals surface area contributed by atoms with Crippen LogP contribution in [0.5, 0.6) is 0 Å². The van der Waals surface area contributed by atoms with Crippen molar-refractivity contribution in [1.82, 2.24) is 15.1 Å². The van der Waals surface area contributed by atoms with Crippen LogP contribution in [0.4, 0.5) is 0 Å². The van der Waals surface area contributed by atoms with Gasteiger partial charge in [0, 0.05) is 43.6 Å². The predicted molar refractivity (Wildman–Crippen MR) is 85.9 cm³/mol. The fraction of sp³-hybridized carbons (Fsp3) is 0.412. The van der Waals surface area contributed by atoms with E-state index < -0.39 is 0 Å². The van der Waals surface area contributed by atoms with Crippen molar-refractivity contribution in [2.45, 2.75) is 26.4 Å². The molecule has 2 aromatic rings. The van der Waals surface area contributed by atoms with E-state index in [4.69, 9.17) is 5.26 Å². The highest BCUT2D eigenvalue weighted by molar-refractivity contribution is 5.63. The quantitative estimate of drug-likeness (QED) is 0.856. The number of benzene rings is 1. The first kappa shape index (κ1) is 16.2. The van der Waals surface area contributed by atoms with Crippen molar-refractivity contribution >= 4 is 0 Å². The third-order valence-electron chi connectivity index (χ3n) is 3.95. The SMILES string of the molecule is CC(CO)C(C)NCc1cn(C)nc1-c1ccc(C#N)cc1. The Hall–Kier alpha value is -2.16. The summed E-state index contributed by atoms with van der Waals surface area (Å²) in [5.74, 6) is 0.204. The van der Waals surface area contributed by atoms with Gasteiger partial charge in [0.1, 0.15) is 0 Å². The lowest BCUT2D eigenvalue weighted by atomic mass is 10.0. The standard InChI is InChI=1S/C17H22N4O/c1-12(11-22)13(2)19-9-16-10-21(3)20-17(16)15-6-4-14(8-18)5-7-15/h4-7,10,12-13,19,22H,9,11H2,1-3H3. The number of rotatable bonds is 6. The Morgan fingerprint density at radius 3 is 2.59 bits per heavy atom. The van der Waals surface area contributed by atoms with Crippen LogP contribution in [0.15, 0.2) is 30.5 Å². The molecule has 2 N–H and O–H groups in total. The van der Waals surface area contributed by atoms with E-state index in [1.807, 2.05) is 32.3 Å². The third kappa shape index (κ3) is 3.73. The first-order chi connectivity index (χ1) is 10.5. The number of aromatic nitrogens is 2. The highest BCUT2D eigenvalue weighted by atomic mass is 16.3. The molecule has 5 heteroatoms. The molecule has 1 heterocycles. The van der Waals surface area contributed by atoms with Crippen LogP contribution < -0.4 is 5.32 Å². The van der Waals surface area contributed by atoms with Gasteiger partial charge in [-0.15, -0.1) is 0 Å². The van der Waals surface area contributed by atoms with E-state index in [0.29, 0.717) is 12.1 Å². The van der Waals surface area contributed by atoms with E-state index in [0.717, 1.165) is 16.8 Å². The van der Waals surface area contributed by atoms with E-state index >= 15 is 0 Å². The van der Waals surface area contributed by atoms with Gasteiger partial charge in [0.15, 0.2) is 0 Å². The number of nitrogens with zero attached hydrogens (tertiary/aromatic N) is 3. The van der Waals surface area contributed by atoms with Crippen molar-refractivity contribution in [2.75, 3.05) is 6.61 Å². The molecule has 0 saturated heterocycles. The Labute approximate surface area is 131 Å². The Kier molecular flexibility index (Phi) is 5.31. The molecule has 0 aliphatic heterocycles. The summed E-state index contributed by atoms with van der Waals surface area (Å²) in [5.41, 5.74) is 3.66. The molecule has 116 valence electrons. The fourth-order valence-electron chi connectivity index (χ4n) is 2.24. The molecule has 0 bridgehead atoms. The van der Waals surface area contributed by atoms with Crippen LogP contribution in [-0.2, 0) is 13.6 Å². The van der Waals surface area contributed by atoms with Gasteiger partial charge >= 0.3 is 0 Å². The van der Waals surface area contributed by atoms with E-state index in [-0.39, 0.29) is 18.6 Å². The van der Waals surface area contributed by atoms with Gasteiger partial charge < -0.3 is 10.4 Å². The molecular weight excluding hydrogens is 276 g/mol.